The first-order chi connectivity index (χ1) is 18.8. The molecule has 1 amide bonds. The summed E-state index contributed by atoms with van der Waals surface area (Å²) in [5.41, 5.74) is 3.71. The number of hydrogen-bond donors (Lipinski definition) is 0. The zero-order valence-electron chi connectivity index (χ0n) is 23.7. The molecule has 0 N–H and O–H groups in total. The Bertz CT molecular complexity index is 1280. The molecule has 0 fully saturated rings. The first-order valence-corrected chi connectivity index (χ1v) is 12.9. The summed E-state index contributed by atoms with van der Waals surface area (Å²) < 4.78 is 33.8. The topological polar surface area (TPSA) is 75.7 Å². The summed E-state index contributed by atoms with van der Waals surface area (Å²) in [5.74, 6) is 3.53. The maximum Gasteiger partial charge on any atom is 0.254 e. The van der Waals surface area contributed by atoms with E-state index >= 15 is 0 Å². The second-order valence-electron chi connectivity index (χ2n) is 9.62. The van der Waals surface area contributed by atoms with E-state index in [1.165, 1.54) is 26.9 Å². The van der Waals surface area contributed by atoms with Crippen LogP contribution in [0.25, 0.3) is 0 Å². The predicted octanol–water partition coefficient (Wildman–Crippen LogP) is 5.67. The minimum atomic E-state index is -0.370. The molecule has 0 saturated heterocycles. The van der Waals surface area contributed by atoms with Crippen LogP contribution < -0.4 is 28.4 Å². The third kappa shape index (κ3) is 5.70. The molecule has 1 aliphatic heterocycles. The van der Waals surface area contributed by atoms with Crippen LogP contribution in [0.5, 0.6) is 34.5 Å². The van der Waals surface area contributed by atoms with Crippen LogP contribution in [0.3, 0.4) is 0 Å². The molecule has 1 aliphatic rings. The Morgan fingerprint density at radius 2 is 1.41 bits per heavy atom. The molecule has 4 rings (SSSR count). The molecule has 1 unspecified atom stereocenters. The molecule has 39 heavy (non-hydrogen) atoms. The Hall–Kier alpha value is -4.07. The molecule has 3 aromatic carbocycles. The quantitative estimate of drug-likeness (QED) is 0.331. The molecular weight excluding hydrogens is 498 g/mol. The van der Waals surface area contributed by atoms with Crippen LogP contribution >= 0.6 is 0 Å². The predicted molar refractivity (Wildman–Crippen MR) is 149 cm³/mol. The van der Waals surface area contributed by atoms with Gasteiger partial charge in [0.05, 0.1) is 41.6 Å². The standard InChI is InChI=1S/C31H37NO7/c1-19(2)20-8-10-23(11-9-20)39-18-25-24-17-27(35-4)26(34-3)14-21(24)12-13-32(25)31(33)22-15-28(36-5)30(38-7)29(16-22)37-6/h8-11,14-17,19,25H,12-13,18H2,1-7H3. The van der Waals surface area contributed by atoms with E-state index in [0.29, 0.717) is 53.2 Å². The van der Waals surface area contributed by atoms with E-state index in [-0.39, 0.29) is 18.6 Å². The van der Waals surface area contributed by atoms with E-state index in [1.54, 1.807) is 26.4 Å². The van der Waals surface area contributed by atoms with Crippen LogP contribution in [0.4, 0.5) is 0 Å². The van der Waals surface area contributed by atoms with Gasteiger partial charge in [0.2, 0.25) is 5.75 Å². The molecule has 1 atom stereocenters. The van der Waals surface area contributed by atoms with Crippen LogP contribution in [0.1, 0.15) is 52.9 Å². The highest BCUT2D eigenvalue weighted by molar-refractivity contribution is 5.96. The number of fused-ring (bicyclic) bond motifs is 1. The molecule has 208 valence electrons. The first kappa shape index (κ1) is 28.0. The van der Waals surface area contributed by atoms with Crippen molar-refractivity contribution in [2.75, 3.05) is 48.7 Å². The number of carbonyl (C=O) groups is 1. The Balaban J connectivity index is 1.72. The van der Waals surface area contributed by atoms with E-state index < -0.39 is 0 Å². The Morgan fingerprint density at radius 1 is 0.821 bits per heavy atom. The highest BCUT2D eigenvalue weighted by Crippen LogP contribution is 2.41. The van der Waals surface area contributed by atoms with Crippen molar-refractivity contribution in [3.8, 4) is 34.5 Å². The molecule has 0 aliphatic carbocycles. The van der Waals surface area contributed by atoms with Crippen molar-refractivity contribution in [2.45, 2.75) is 32.2 Å². The fourth-order valence-electron chi connectivity index (χ4n) is 4.95. The Labute approximate surface area is 230 Å². The van der Waals surface area contributed by atoms with Gasteiger partial charge in [-0.1, -0.05) is 26.0 Å². The van der Waals surface area contributed by atoms with Gasteiger partial charge in [0, 0.05) is 12.1 Å². The van der Waals surface area contributed by atoms with Gasteiger partial charge in [-0.15, -0.1) is 0 Å². The lowest BCUT2D eigenvalue weighted by atomic mass is 9.91. The molecule has 0 spiro atoms. The van der Waals surface area contributed by atoms with Crippen molar-refractivity contribution in [3.63, 3.8) is 0 Å². The number of nitrogens with zero attached hydrogens (tertiary/aromatic N) is 1. The SMILES string of the molecule is COc1cc2c(cc1OC)C(COc1ccc(C(C)C)cc1)N(C(=O)c1cc(OC)c(OC)c(OC)c1)CC2. The monoisotopic (exact) mass is 535 g/mol. The van der Waals surface area contributed by atoms with E-state index in [2.05, 4.69) is 26.0 Å². The largest absolute Gasteiger partial charge is 0.493 e. The molecule has 8 nitrogen and oxygen atoms in total. The number of methoxy groups -OCH3 is 5. The van der Waals surface area contributed by atoms with E-state index in [0.717, 1.165) is 16.9 Å². The Morgan fingerprint density at radius 3 is 1.95 bits per heavy atom. The van der Waals surface area contributed by atoms with Gasteiger partial charge in [-0.05, 0) is 65.4 Å². The number of ether oxygens (including phenoxy) is 6. The summed E-state index contributed by atoms with van der Waals surface area (Å²) in [6.07, 6.45) is 0.658. The molecule has 8 heteroatoms. The maximum atomic E-state index is 14.0. The van der Waals surface area contributed by atoms with Crippen LogP contribution in [-0.4, -0.2) is 59.5 Å². The lowest BCUT2D eigenvalue weighted by Gasteiger charge is -2.38. The third-order valence-electron chi connectivity index (χ3n) is 7.13. The van der Waals surface area contributed by atoms with Gasteiger partial charge in [0.1, 0.15) is 12.4 Å². The van der Waals surface area contributed by atoms with Crippen LogP contribution in [0.2, 0.25) is 0 Å². The average molecular weight is 536 g/mol. The highest BCUT2D eigenvalue weighted by Gasteiger charge is 2.34. The van der Waals surface area contributed by atoms with Gasteiger partial charge in [0.15, 0.2) is 23.0 Å². The van der Waals surface area contributed by atoms with E-state index in [1.807, 2.05) is 29.2 Å². The number of hydrogen-bond acceptors (Lipinski definition) is 7. The van der Waals surface area contributed by atoms with Gasteiger partial charge < -0.3 is 33.3 Å². The summed E-state index contributed by atoms with van der Waals surface area (Å²) in [6.45, 7) is 5.07. The Kier molecular flexibility index (Phi) is 8.74. The number of benzene rings is 3. The summed E-state index contributed by atoms with van der Waals surface area (Å²) in [4.78, 5) is 15.9. The van der Waals surface area contributed by atoms with Gasteiger partial charge in [-0.25, -0.2) is 0 Å². The molecule has 1 heterocycles. The lowest BCUT2D eigenvalue weighted by Crippen LogP contribution is -2.42. The minimum Gasteiger partial charge on any atom is -0.493 e. The van der Waals surface area contributed by atoms with Gasteiger partial charge in [0.25, 0.3) is 5.91 Å². The fraction of sp³-hybridized carbons (Fsp3) is 0.387. The number of carbonyl (C=O) groups excluding carboxylic acids is 1. The summed E-state index contributed by atoms with van der Waals surface area (Å²) in [6, 6.07) is 15.0. The third-order valence-corrected chi connectivity index (χ3v) is 7.13. The van der Waals surface area contributed by atoms with Crippen molar-refractivity contribution in [1.82, 2.24) is 4.90 Å². The van der Waals surface area contributed by atoms with E-state index in [4.69, 9.17) is 28.4 Å². The highest BCUT2D eigenvalue weighted by atomic mass is 16.5. The van der Waals surface area contributed by atoms with Crippen molar-refractivity contribution in [2.24, 2.45) is 0 Å². The van der Waals surface area contributed by atoms with Gasteiger partial charge in [-0.3, -0.25) is 4.79 Å². The summed E-state index contributed by atoms with van der Waals surface area (Å²) in [5, 5.41) is 0. The summed E-state index contributed by atoms with van der Waals surface area (Å²) in [7, 11) is 7.82. The van der Waals surface area contributed by atoms with Crippen molar-refractivity contribution < 1.29 is 33.2 Å². The van der Waals surface area contributed by atoms with Gasteiger partial charge in [-0.2, -0.15) is 0 Å². The molecule has 3 aromatic rings. The smallest absolute Gasteiger partial charge is 0.254 e. The lowest BCUT2D eigenvalue weighted by molar-refractivity contribution is 0.0588. The van der Waals surface area contributed by atoms with Crippen LogP contribution in [0, 0.1) is 0 Å². The minimum absolute atomic E-state index is 0.168. The van der Waals surface area contributed by atoms with Crippen molar-refractivity contribution >= 4 is 5.91 Å². The normalized spacial score (nSPS) is 14.5. The van der Waals surface area contributed by atoms with Crippen molar-refractivity contribution in [3.05, 3.63) is 70.8 Å². The van der Waals surface area contributed by atoms with Crippen LogP contribution in [-0.2, 0) is 6.42 Å². The molecule has 0 radical (unpaired) electrons. The zero-order chi connectivity index (χ0) is 28.1. The van der Waals surface area contributed by atoms with E-state index in [9.17, 15) is 4.79 Å². The van der Waals surface area contributed by atoms with Crippen molar-refractivity contribution in [1.29, 1.82) is 0 Å². The number of amides is 1. The molecular formula is C31H37NO7. The van der Waals surface area contributed by atoms with Gasteiger partial charge >= 0.3 is 0 Å². The number of rotatable bonds is 10. The second-order valence-corrected chi connectivity index (χ2v) is 9.62. The molecule has 0 saturated carbocycles. The summed E-state index contributed by atoms with van der Waals surface area (Å²) >= 11 is 0. The molecule has 0 bridgehead atoms. The average Bonchev–Trinajstić information content (AvgIpc) is 2.97. The second kappa shape index (κ2) is 12.2. The first-order valence-electron chi connectivity index (χ1n) is 12.9. The fourth-order valence-corrected chi connectivity index (χ4v) is 4.95. The molecule has 0 aromatic heterocycles. The van der Waals surface area contributed by atoms with Crippen LogP contribution in [0.15, 0.2) is 48.5 Å². The maximum absolute atomic E-state index is 14.0. The zero-order valence-corrected chi connectivity index (χ0v) is 23.7.